The van der Waals surface area contributed by atoms with Crippen LogP contribution in [0.5, 0.6) is 0 Å². The summed E-state index contributed by atoms with van der Waals surface area (Å²) in [6.45, 7) is 4.15. The van der Waals surface area contributed by atoms with Crippen LogP contribution in [0.25, 0.3) is 0 Å². The normalized spacial score (nSPS) is 20.7. The van der Waals surface area contributed by atoms with Gasteiger partial charge in [0.05, 0.1) is 12.5 Å². The first kappa shape index (κ1) is 33.3. The number of nitrogens with two attached hydrogens (primary N) is 3. The summed E-state index contributed by atoms with van der Waals surface area (Å²) in [4.78, 5) is 82.1. The van der Waals surface area contributed by atoms with E-state index in [0.717, 1.165) is 4.90 Å². The van der Waals surface area contributed by atoms with E-state index in [1.54, 1.807) is 13.8 Å². The maximum atomic E-state index is 13.5. The molecule has 0 spiro atoms. The fraction of sp³-hybridized carbons (Fsp3) is 0.720. The number of carboxylic acid groups (broad SMARTS) is 2. The van der Waals surface area contributed by atoms with Crippen LogP contribution in [0.1, 0.15) is 58.8 Å². The summed E-state index contributed by atoms with van der Waals surface area (Å²) in [7, 11) is 0. The van der Waals surface area contributed by atoms with E-state index in [-0.39, 0.29) is 44.2 Å². The molecule has 41 heavy (non-hydrogen) atoms. The zero-order chi connectivity index (χ0) is 30.9. The van der Waals surface area contributed by atoms with Crippen molar-refractivity contribution < 1.29 is 39.0 Å². The highest BCUT2D eigenvalue weighted by molar-refractivity contribution is 5.97. The predicted octanol–water partition coefficient (Wildman–Crippen LogP) is -2.47. The second kappa shape index (κ2) is 15.2. The second-order valence-corrected chi connectivity index (χ2v) is 10.7. The molecule has 0 unspecified atom stereocenters. The fourth-order valence-electron chi connectivity index (χ4n) is 4.95. The molecule has 16 heteroatoms. The number of likely N-dealkylation sites (tertiary alicyclic amines) is 2. The minimum Gasteiger partial charge on any atom is -0.481 e. The number of aliphatic carboxylic acids is 2. The van der Waals surface area contributed by atoms with Crippen LogP contribution in [-0.2, 0) is 28.8 Å². The lowest BCUT2D eigenvalue weighted by molar-refractivity contribution is -0.148. The number of carboxylic acids is 2. The molecule has 2 fully saturated rings. The van der Waals surface area contributed by atoms with Gasteiger partial charge in [-0.05, 0) is 44.4 Å². The van der Waals surface area contributed by atoms with Crippen LogP contribution in [0, 0.1) is 5.92 Å². The van der Waals surface area contributed by atoms with E-state index in [1.807, 2.05) is 0 Å². The third-order valence-electron chi connectivity index (χ3n) is 7.23. The van der Waals surface area contributed by atoms with Gasteiger partial charge in [0, 0.05) is 19.6 Å². The van der Waals surface area contributed by atoms with Crippen molar-refractivity contribution in [2.45, 2.75) is 89.0 Å². The van der Waals surface area contributed by atoms with E-state index in [2.05, 4.69) is 15.6 Å². The molecule has 0 aliphatic carbocycles. The van der Waals surface area contributed by atoms with E-state index in [1.165, 1.54) is 4.90 Å². The highest BCUT2D eigenvalue weighted by Crippen LogP contribution is 2.22. The molecule has 0 aromatic carbocycles. The van der Waals surface area contributed by atoms with Crippen LogP contribution < -0.4 is 27.8 Å². The van der Waals surface area contributed by atoms with Gasteiger partial charge >= 0.3 is 11.9 Å². The Hall–Kier alpha value is -3.95. The third-order valence-corrected chi connectivity index (χ3v) is 7.23. The summed E-state index contributed by atoms with van der Waals surface area (Å²) in [6, 6.07) is -5.54. The number of aliphatic imine (C=N–C) groups is 1. The Morgan fingerprint density at radius 1 is 0.878 bits per heavy atom. The van der Waals surface area contributed by atoms with Gasteiger partial charge in [0.25, 0.3) is 0 Å². The molecule has 2 saturated heterocycles. The van der Waals surface area contributed by atoms with Crippen LogP contribution in [0.15, 0.2) is 4.99 Å². The smallest absolute Gasteiger partial charge is 0.326 e. The van der Waals surface area contributed by atoms with Crippen molar-refractivity contribution in [2.24, 2.45) is 28.1 Å². The zero-order valence-electron chi connectivity index (χ0n) is 23.5. The Balaban J connectivity index is 2.13. The van der Waals surface area contributed by atoms with Gasteiger partial charge in [-0.3, -0.25) is 29.0 Å². The lowest BCUT2D eigenvalue weighted by Gasteiger charge is -2.31. The number of amides is 4. The van der Waals surface area contributed by atoms with Crippen molar-refractivity contribution in [1.82, 2.24) is 20.4 Å². The number of guanidine groups is 1. The van der Waals surface area contributed by atoms with Crippen molar-refractivity contribution in [3.05, 3.63) is 0 Å². The SMILES string of the molecule is CC(C)[C@H](N)C(=O)N1CCC[C@H]1C(=O)N[C@H](CC(=O)O)C(=O)N1CCC[C@H]1C(=O)N[C@@H](CCCN=C(N)N)C(=O)O. The van der Waals surface area contributed by atoms with Gasteiger partial charge in [-0.1, -0.05) is 13.8 Å². The molecule has 0 radical (unpaired) electrons. The predicted molar refractivity (Wildman–Crippen MR) is 146 cm³/mol. The zero-order valence-corrected chi connectivity index (χ0v) is 23.5. The molecule has 2 aliphatic rings. The molecule has 0 bridgehead atoms. The minimum absolute atomic E-state index is 0.0350. The van der Waals surface area contributed by atoms with Crippen molar-refractivity contribution in [3.63, 3.8) is 0 Å². The molecule has 0 aromatic heterocycles. The summed E-state index contributed by atoms with van der Waals surface area (Å²) in [5, 5.41) is 23.9. The van der Waals surface area contributed by atoms with Crippen LogP contribution in [0.4, 0.5) is 0 Å². The molecule has 10 N–H and O–H groups in total. The molecule has 4 amide bonds. The van der Waals surface area contributed by atoms with Gasteiger partial charge in [-0.15, -0.1) is 0 Å². The Morgan fingerprint density at radius 3 is 1.85 bits per heavy atom. The highest BCUT2D eigenvalue weighted by atomic mass is 16.4. The van der Waals surface area contributed by atoms with Gasteiger partial charge < -0.3 is 47.8 Å². The number of carbonyl (C=O) groups excluding carboxylic acids is 4. The fourth-order valence-corrected chi connectivity index (χ4v) is 4.95. The Labute approximate surface area is 238 Å². The van der Waals surface area contributed by atoms with Crippen LogP contribution in [0.2, 0.25) is 0 Å². The van der Waals surface area contributed by atoms with Crippen molar-refractivity contribution >= 4 is 41.5 Å². The Bertz CT molecular complexity index is 1030. The molecule has 16 nitrogen and oxygen atoms in total. The van der Waals surface area contributed by atoms with Gasteiger partial charge in [-0.2, -0.15) is 0 Å². The number of nitrogens with zero attached hydrogens (tertiary/aromatic N) is 3. The molecule has 230 valence electrons. The number of hydrogen-bond donors (Lipinski definition) is 7. The first-order chi connectivity index (χ1) is 19.2. The van der Waals surface area contributed by atoms with Crippen LogP contribution in [-0.4, -0.2) is 111 Å². The van der Waals surface area contributed by atoms with Crippen LogP contribution >= 0.6 is 0 Å². The summed E-state index contributed by atoms with van der Waals surface area (Å²) < 4.78 is 0. The van der Waals surface area contributed by atoms with E-state index < -0.39 is 72.2 Å². The maximum absolute atomic E-state index is 13.5. The van der Waals surface area contributed by atoms with Crippen molar-refractivity contribution in [3.8, 4) is 0 Å². The summed E-state index contributed by atoms with van der Waals surface area (Å²) in [5.41, 5.74) is 16.5. The van der Waals surface area contributed by atoms with Gasteiger partial charge in [0.15, 0.2) is 5.96 Å². The van der Waals surface area contributed by atoms with E-state index >= 15 is 0 Å². The lowest BCUT2D eigenvalue weighted by atomic mass is 10.0. The maximum Gasteiger partial charge on any atom is 0.326 e. The van der Waals surface area contributed by atoms with Gasteiger partial charge in [-0.25, -0.2) is 4.79 Å². The largest absolute Gasteiger partial charge is 0.481 e. The lowest BCUT2D eigenvalue weighted by Crippen LogP contribution is -2.58. The average Bonchev–Trinajstić information content (AvgIpc) is 3.58. The highest BCUT2D eigenvalue weighted by Gasteiger charge is 2.42. The summed E-state index contributed by atoms with van der Waals surface area (Å²) in [6.07, 6.45) is 1.07. The molecule has 2 rings (SSSR count). The third kappa shape index (κ3) is 9.30. The standard InChI is InChI=1S/C25H42N8O8/c1-13(2)19(26)23(39)33-11-5-8-17(33)21(37)31-15(12-18(34)35)22(38)32-10-4-7-16(32)20(36)30-14(24(40)41)6-3-9-29-25(27)28/h13-17,19H,3-12,26H2,1-2H3,(H,30,36)(H,31,37)(H,34,35)(H,40,41)(H4,27,28,29)/t14-,15+,16-,17-,19-/m0/s1. The second-order valence-electron chi connectivity index (χ2n) is 10.7. The summed E-state index contributed by atoms with van der Waals surface area (Å²) in [5.74, 6) is -5.51. The van der Waals surface area contributed by atoms with Crippen molar-refractivity contribution in [1.29, 1.82) is 0 Å². The average molecular weight is 583 g/mol. The molecular weight excluding hydrogens is 540 g/mol. The Kier molecular flexibility index (Phi) is 12.3. The molecular formula is C25H42N8O8. The molecule has 0 saturated carbocycles. The topological polar surface area (TPSA) is 264 Å². The van der Waals surface area contributed by atoms with Gasteiger partial charge in [0.1, 0.15) is 24.2 Å². The summed E-state index contributed by atoms with van der Waals surface area (Å²) >= 11 is 0. The molecule has 2 aliphatic heterocycles. The van der Waals surface area contributed by atoms with Gasteiger partial charge in [0.2, 0.25) is 23.6 Å². The Morgan fingerprint density at radius 2 is 1.39 bits per heavy atom. The number of carbonyl (C=O) groups is 6. The number of nitrogens with one attached hydrogen (secondary N) is 2. The van der Waals surface area contributed by atoms with E-state index in [4.69, 9.17) is 17.2 Å². The number of rotatable bonds is 14. The van der Waals surface area contributed by atoms with Crippen LogP contribution in [0.3, 0.4) is 0 Å². The molecule has 5 atom stereocenters. The quantitative estimate of drug-likeness (QED) is 0.0641. The monoisotopic (exact) mass is 582 g/mol. The van der Waals surface area contributed by atoms with E-state index in [0.29, 0.717) is 25.8 Å². The van der Waals surface area contributed by atoms with Crippen molar-refractivity contribution in [2.75, 3.05) is 19.6 Å². The molecule has 2 heterocycles. The number of hydrogen-bond acceptors (Lipinski definition) is 8. The molecule has 0 aromatic rings. The first-order valence-electron chi connectivity index (χ1n) is 13.7. The minimum atomic E-state index is -1.50. The van der Waals surface area contributed by atoms with E-state index in [9.17, 15) is 39.0 Å². The first-order valence-corrected chi connectivity index (χ1v) is 13.7.